The molecule has 0 saturated heterocycles. The number of hydrogen-bond acceptors (Lipinski definition) is 3. The van der Waals surface area contributed by atoms with Gasteiger partial charge in [0, 0.05) is 12.6 Å². The first-order valence-corrected chi connectivity index (χ1v) is 8.65. The van der Waals surface area contributed by atoms with E-state index in [4.69, 9.17) is 16.0 Å². The fourth-order valence-corrected chi connectivity index (χ4v) is 4.18. The van der Waals surface area contributed by atoms with Crippen molar-refractivity contribution in [1.82, 2.24) is 4.67 Å². The Bertz CT molecular complexity index is 532. The van der Waals surface area contributed by atoms with Gasteiger partial charge < -0.3 is 9.41 Å². The van der Waals surface area contributed by atoms with Gasteiger partial charge in [-0.15, -0.1) is 0 Å². The summed E-state index contributed by atoms with van der Waals surface area (Å²) in [6.07, 6.45) is 4.03. The molecular formula is C13H15ClNO3P. The average molecular weight is 300 g/mol. The van der Waals surface area contributed by atoms with Crippen LogP contribution in [0.25, 0.3) is 0 Å². The molecule has 1 aromatic carbocycles. The molecule has 1 aliphatic heterocycles. The molecule has 0 aromatic heterocycles. The summed E-state index contributed by atoms with van der Waals surface area (Å²) < 4.78 is 18.5. The number of methoxy groups -OCH3 is 1. The highest BCUT2D eigenvalue weighted by Crippen LogP contribution is 2.59. The van der Waals surface area contributed by atoms with Gasteiger partial charge in [0.1, 0.15) is 6.04 Å². The van der Waals surface area contributed by atoms with Crippen molar-refractivity contribution in [2.45, 2.75) is 12.5 Å². The van der Waals surface area contributed by atoms with Crippen LogP contribution in [0.3, 0.4) is 0 Å². The molecule has 0 aliphatic carbocycles. The van der Waals surface area contributed by atoms with Crippen molar-refractivity contribution in [3.63, 3.8) is 0 Å². The van der Waals surface area contributed by atoms with E-state index in [1.807, 2.05) is 30.3 Å². The summed E-state index contributed by atoms with van der Waals surface area (Å²) in [5.74, 6) is -0.434. The van der Waals surface area contributed by atoms with Crippen molar-refractivity contribution in [2.75, 3.05) is 13.3 Å². The van der Waals surface area contributed by atoms with E-state index in [0.29, 0.717) is 6.42 Å². The molecule has 1 heterocycles. The number of esters is 1. The highest BCUT2D eigenvalue weighted by Gasteiger charge is 2.38. The lowest BCUT2D eigenvalue weighted by Gasteiger charge is -2.28. The molecule has 0 N–H and O–H groups in total. The highest BCUT2D eigenvalue weighted by molar-refractivity contribution is 7.87. The number of hydrogen-bond donors (Lipinski definition) is 0. The van der Waals surface area contributed by atoms with Crippen LogP contribution in [-0.2, 0) is 20.5 Å². The lowest BCUT2D eigenvalue weighted by Crippen LogP contribution is -2.36. The van der Waals surface area contributed by atoms with Crippen LogP contribution in [0.4, 0.5) is 0 Å². The molecule has 0 amide bonds. The standard InChI is InChI=1S/C13H15ClNO3P/c1-18-13(16)12(10-11-6-3-2-4-7-11)15-8-5-9-19(15,14)17/h2-8,12H,9-10H2,1H3. The van der Waals surface area contributed by atoms with Crippen molar-refractivity contribution in [2.24, 2.45) is 0 Å². The Balaban J connectivity index is 2.24. The Morgan fingerprint density at radius 1 is 1.47 bits per heavy atom. The van der Waals surface area contributed by atoms with Crippen molar-refractivity contribution < 1.29 is 14.1 Å². The summed E-state index contributed by atoms with van der Waals surface area (Å²) in [7, 11) is 1.32. The largest absolute Gasteiger partial charge is 0.467 e. The zero-order valence-corrected chi connectivity index (χ0v) is 12.2. The molecule has 102 valence electrons. The maximum Gasteiger partial charge on any atom is 0.329 e. The van der Waals surface area contributed by atoms with E-state index in [1.165, 1.54) is 11.8 Å². The molecule has 2 unspecified atom stereocenters. The van der Waals surface area contributed by atoms with Crippen LogP contribution in [0.1, 0.15) is 5.56 Å². The topological polar surface area (TPSA) is 46.6 Å². The van der Waals surface area contributed by atoms with Gasteiger partial charge in [-0.1, -0.05) is 36.4 Å². The molecule has 0 radical (unpaired) electrons. The van der Waals surface area contributed by atoms with Gasteiger partial charge in [0.2, 0.25) is 0 Å². The fraction of sp³-hybridized carbons (Fsp3) is 0.308. The SMILES string of the molecule is COC(=O)C(Cc1ccccc1)N1C=CCP1(=O)Cl. The number of rotatable bonds is 4. The molecule has 1 aliphatic rings. The molecule has 2 atom stereocenters. The third-order valence-corrected chi connectivity index (χ3v) is 5.70. The fourth-order valence-electron chi connectivity index (χ4n) is 2.05. The molecule has 0 saturated carbocycles. The van der Waals surface area contributed by atoms with Gasteiger partial charge in [0.05, 0.1) is 13.3 Å². The van der Waals surface area contributed by atoms with Crippen LogP contribution in [0, 0.1) is 0 Å². The Kier molecular flexibility index (Phi) is 4.33. The summed E-state index contributed by atoms with van der Waals surface area (Å²) in [4.78, 5) is 11.9. The van der Waals surface area contributed by atoms with Crippen molar-refractivity contribution in [1.29, 1.82) is 0 Å². The highest BCUT2D eigenvalue weighted by atomic mass is 35.7. The average Bonchev–Trinajstić information content (AvgIpc) is 2.76. The van der Waals surface area contributed by atoms with Crippen LogP contribution < -0.4 is 0 Å². The van der Waals surface area contributed by atoms with Crippen LogP contribution >= 0.6 is 17.9 Å². The van der Waals surface area contributed by atoms with Crippen molar-refractivity contribution in [3.8, 4) is 0 Å². The number of halogens is 1. The van der Waals surface area contributed by atoms with Gasteiger partial charge in [-0.25, -0.2) is 4.79 Å². The minimum absolute atomic E-state index is 0.275. The lowest BCUT2D eigenvalue weighted by atomic mass is 10.1. The Morgan fingerprint density at radius 2 is 2.16 bits per heavy atom. The van der Waals surface area contributed by atoms with E-state index in [-0.39, 0.29) is 6.16 Å². The van der Waals surface area contributed by atoms with E-state index < -0.39 is 18.7 Å². The minimum Gasteiger partial charge on any atom is -0.467 e. The zero-order valence-electron chi connectivity index (χ0n) is 10.5. The maximum absolute atomic E-state index is 12.2. The molecule has 0 bridgehead atoms. The second-order valence-corrected chi connectivity index (χ2v) is 7.94. The van der Waals surface area contributed by atoms with E-state index in [2.05, 4.69) is 0 Å². The van der Waals surface area contributed by atoms with Gasteiger partial charge >= 0.3 is 5.97 Å². The van der Waals surface area contributed by atoms with Crippen LogP contribution in [0.2, 0.25) is 0 Å². The quantitative estimate of drug-likeness (QED) is 0.633. The molecule has 4 nitrogen and oxygen atoms in total. The Labute approximate surface area is 117 Å². The minimum atomic E-state index is -3.02. The van der Waals surface area contributed by atoms with Gasteiger partial charge in [-0.3, -0.25) is 4.57 Å². The Hall–Kier alpha value is -1.25. The first-order chi connectivity index (χ1) is 9.04. The second kappa shape index (κ2) is 5.81. The number of allylic oxidation sites excluding steroid dienone is 1. The van der Waals surface area contributed by atoms with Gasteiger partial charge in [0.25, 0.3) is 6.65 Å². The third kappa shape index (κ3) is 3.20. The molecular weight excluding hydrogens is 285 g/mol. The third-order valence-electron chi connectivity index (χ3n) is 3.00. The molecule has 1 aromatic rings. The van der Waals surface area contributed by atoms with E-state index in [9.17, 15) is 9.36 Å². The van der Waals surface area contributed by atoms with Gasteiger partial charge in [-0.05, 0) is 16.8 Å². The summed E-state index contributed by atoms with van der Waals surface area (Å²) in [5.41, 5.74) is 0.967. The van der Waals surface area contributed by atoms with Crippen LogP contribution in [0.5, 0.6) is 0 Å². The van der Waals surface area contributed by atoms with Crippen LogP contribution in [-0.4, -0.2) is 30.0 Å². The predicted molar refractivity (Wildman–Crippen MR) is 75.3 cm³/mol. The first-order valence-electron chi connectivity index (χ1n) is 5.90. The van der Waals surface area contributed by atoms with Crippen LogP contribution in [0.15, 0.2) is 42.6 Å². The predicted octanol–water partition coefficient (Wildman–Crippen LogP) is 3.03. The zero-order chi connectivity index (χ0) is 13.9. The lowest BCUT2D eigenvalue weighted by molar-refractivity contribution is -0.144. The second-order valence-electron chi connectivity index (χ2n) is 4.29. The first kappa shape index (κ1) is 14.2. The molecule has 2 rings (SSSR count). The number of nitrogens with zero attached hydrogens (tertiary/aromatic N) is 1. The maximum atomic E-state index is 12.2. The summed E-state index contributed by atoms with van der Waals surface area (Å²) in [6, 6.07) is 8.85. The monoisotopic (exact) mass is 299 g/mol. The van der Waals surface area contributed by atoms with Crippen molar-refractivity contribution in [3.05, 3.63) is 48.2 Å². The van der Waals surface area contributed by atoms with Gasteiger partial charge in [0.15, 0.2) is 0 Å². The number of carbonyl (C=O) groups is 1. The number of benzene rings is 1. The summed E-state index contributed by atoms with van der Waals surface area (Å²) in [5, 5.41) is 0. The van der Waals surface area contributed by atoms with E-state index in [1.54, 1.807) is 12.3 Å². The molecule has 0 fully saturated rings. The normalized spacial score (nSPS) is 23.4. The van der Waals surface area contributed by atoms with Gasteiger partial charge in [-0.2, -0.15) is 0 Å². The Morgan fingerprint density at radius 3 is 2.68 bits per heavy atom. The van der Waals surface area contributed by atoms with E-state index in [0.717, 1.165) is 5.56 Å². The smallest absolute Gasteiger partial charge is 0.329 e. The molecule has 19 heavy (non-hydrogen) atoms. The van der Waals surface area contributed by atoms with E-state index >= 15 is 0 Å². The summed E-state index contributed by atoms with van der Waals surface area (Å²) >= 11 is 6.01. The van der Waals surface area contributed by atoms with Crippen molar-refractivity contribution >= 4 is 23.9 Å². The summed E-state index contributed by atoms with van der Waals surface area (Å²) in [6.45, 7) is -3.02. The number of carbonyl (C=O) groups excluding carboxylic acids is 1. The number of ether oxygens (including phenoxy) is 1. The molecule has 6 heteroatoms. The molecule has 0 spiro atoms.